The molecule has 4 rings (SSSR count). The first-order valence-corrected chi connectivity index (χ1v) is 16.8. The van der Waals surface area contributed by atoms with E-state index < -0.39 is 10.0 Å². The molecule has 2 amide bonds. The van der Waals surface area contributed by atoms with Gasteiger partial charge in [-0.2, -0.15) is 0 Å². The van der Waals surface area contributed by atoms with Gasteiger partial charge in [0.25, 0.3) is 5.91 Å². The zero-order chi connectivity index (χ0) is 29.6. The molecule has 1 aliphatic carbocycles. The van der Waals surface area contributed by atoms with Crippen LogP contribution in [-0.2, 0) is 34.1 Å². The fraction of sp³-hybridized carbons (Fsp3) is 0.562. The van der Waals surface area contributed by atoms with Gasteiger partial charge < -0.3 is 16.0 Å². The van der Waals surface area contributed by atoms with E-state index in [1.54, 1.807) is 6.07 Å². The van der Waals surface area contributed by atoms with Crippen molar-refractivity contribution >= 4 is 27.5 Å². The number of sulfonamides is 1. The van der Waals surface area contributed by atoms with E-state index >= 15 is 0 Å². The molecule has 224 valence electrons. The summed E-state index contributed by atoms with van der Waals surface area (Å²) in [6.45, 7) is 5.24. The predicted molar refractivity (Wildman–Crippen MR) is 165 cm³/mol. The summed E-state index contributed by atoms with van der Waals surface area (Å²) >= 11 is 0. The predicted octanol–water partition coefficient (Wildman–Crippen LogP) is 3.83. The second kappa shape index (κ2) is 13.8. The van der Waals surface area contributed by atoms with Crippen molar-refractivity contribution in [2.45, 2.75) is 77.3 Å². The number of carbonyl (C=O) groups is 2. The minimum absolute atomic E-state index is 0.0148. The third-order valence-corrected chi connectivity index (χ3v) is 9.17. The fourth-order valence-electron chi connectivity index (χ4n) is 5.30. The highest BCUT2D eigenvalue weighted by molar-refractivity contribution is 7.92. The van der Waals surface area contributed by atoms with Crippen LogP contribution in [0.1, 0.15) is 73.0 Å². The summed E-state index contributed by atoms with van der Waals surface area (Å²) < 4.78 is 25.8. The number of benzene rings is 2. The van der Waals surface area contributed by atoms with Crippen LogP contribution >= 0.6 is 0 Å². The highest BCUT2D eigenvalue weighted by Gasteiger charge is 2.30. The van der Waals surface area contributed by atoms with Crippen molar-refractivity contribution in [3.63, 3.8) is 0 Å². The summed E-state index contributed by atoms with van der Waals surface area (Å²) in [7, 11) is -1.97. The Morgan fingerprint density at radius 1 is 1.05 bits per heavy atom. The summed E-state index contributed by atoms with van der Waals surface area (Å²) in [5.74, 6) is 0.702. The Hall–Kier alpha value is -2.91. The number of aryl methyl sites for hydroxylation is 2. The van der Waals surface area contributed by atoms with Crippen molar-refractivity contribution in [2.75, 3.05) is 30.7 Å². The molecule has 0 aromatic heterocycles. The Labute approximate surface area is 245 Å². The SMILES string of the molecule is CC(C)CNC(=O)C(CC1CC1)NC[C@@H]1Cc2cccc(c2)CCCCc2cc(cc(N(C)S(C)(=O)=O)c2)C(=O)N1. The maximum atomic E-state index is 13.7. The Morgan fingerprint density at radius 2 is 1.76 bits per heavy atom. The molecule has 2 aromatic rings. The number of rotatable bonds is 10. The van der Waals surface area contributed by atoms with Gasteiger partial charge in [-0.1, -0.05) is 51.0 Å². The largest absolute Gasteiger partial charge is 0.354 e. The third-order valence-electron chi connectivity index (χ3n) is 7.97. The normalized spacial score (nSPS) is 18.8. The van der Waals surface area contributed by atoms with Crippen molar-refractivity contribution in [3.8, 4) is 0 Å². The summed E-state index contributed by atoms with van der Waals surface area (Å²) in [5.41, 5.74) is 4.26. The van der Waals surface area contributed by atoms with Crippen LogP contribution in [0, 0.1) is 11.8 Å². The minimum atomic E-state index is -3.48. The van der Waals surface area contributed by atoms with Gasteiger partial charge in [0.2, 0.25) is 15.9 Å². The number of nitrogens with one attached hydrogen (secondary N) is 3. The van der Waals surface area contributed by atoms with Crippen LogP contribution in [-0.4, -0.2) is 58.7 Å². The van der Waals surface area contributed by atoms with E-state index in [2.05, 4.69) is 54.1 Å². The van der Waals surface area contributed by atoms with E-state index in [-0.39, 0.29) is 23.9 Å². The molecule has 1 aliphatic heterocycles. The zero-order valence-electron chi connectivity index (χ0n) is 24.9. The Balaban J connectivity index is 1.59. The highest BCUT2D eigenvalue weighted by Crippen LogP contribution is 2.33. The first kappa shape index (κ1) is 31.0. The number of fused-ring (bicyclic) bond motifs is 4. The molecule has 2 atom stereocenters. The van der Waals surface area contributed by atoms with Crippen LogP contribution < -0.4 is 20.3 Å². The molecular weight excluding hydrogens is 536 g/mol. The van der Waals surface area contributed by atoms with Crippen LogP contribution in [0.25, 0.3) is 0 Å². The summed E-state index contributed by atoms with van der Waals surface area (Å²) in [6, 6.07) is 13.3. The first-order chi connectivity index (χ1) is 19.5. The van der Waals surface area contributed by atoms with E-state index in [1.807, 2.05) is 12.1 Å². The Kier molecular flexibility index (Phi) is 10.5. The molecule has 1 saturated carbocycles. The van der Waals surface area contributed by atoms with E-state index in [1.165, 1.54) is 16.9 Å². The van der Waals surface area contributed by atoms with Gasteiger partial charge in [0, 0.05) is 31.7 Å². The molecule has 41 heavy (non-hydrogen) atoms. The monoisotopic (exact) mass is 582 g/mol. The van der Waals surface area contributed by atoms with Crippen LogP contribution in [0.2, 0.25) is 0 Å². The number of amides is 2. The van der Waals surface area contributed by atoms with Crippen LogP contribution in [0.4, 0.5) is 5.69 Å². The lowest BCUT2D eigenvalue weighted by molar-refractivity contribution is -0.123. The lowest BCUT2D eigenvalue weighted by Gasteiger charge is -2.25. The van der Waals surface area contributed by atoms with E-state index in [0.29, 0.717) is 42.6 Å². The van der Waals surface area contributed by atoms with Crippen LogP contribution in [0.3, 0.4) is 0 Å². The molecule has 0 radical (unpaired) electrons. The van der Waals surface area contributed by atoms with Crippen molar-refractivity contribution in [3.05, 3.63) is 64.7 Å². The Morgan fingerprint density at radius 3 is 2.44 bits per heavy atom. The number of nitrogens with zero attached hydrogens (tertiary/aromatic N) is 1. The van der Waals surface area contributed by atoms with Gasteiger partial charge in [0.1, 0.15) is 0 Å². The molecule has 2 aliphatic rings. The topological polar surface area (TPSA) is 108 Å². The molecule has 0 spiro atoms. The van der Waals surface area contributed by atoms with Gasteiger partial charge in [0.15, 0.2) is 0 Å². The zero-order valence-corrected chi connectivity index (χ0v) is 25.7. The first-order valence-electron chi connectivity index (χ1n) is 15.0. The number of anilines is 1. The van der Waals surface area contributed by atoms with Crippen molar-refractivity contribution in [1.82, 2.24) is 16.0 Å². The number of carbonyl (C=O) groups excluding carboxylic acids is 2. The maximum Gasteiger partial charge on any atom is 0.251 e. The second-order valence-corrected chi connectivity index (χ2v) is 14.3. The van der Waals surface area contributed by atoms with Crippen molar-refractivity contribution < 1.29 is 18.0 Å². The summed E-state index contributed by atoms with van der Waals surface area (Å²) in [6.07, 6.45) is 8.53. The molecule has 8 nitrogen and oxygen atoms in total. The molecule has 9 heteroatoms. The standard InChI is InChI=1S/C32H46N4O4S/c1-22(2)20-34-32(38)30(18-24-12-13-24)33-21-28-16-25-11-7-10-23(14-25)8-5-6-9-26-15-27(31(37)35-28)19-29(17-26)36(3)41(4,39)40/h7,10-11,14-15,17,19,22,24,28,30,33H,5-6,8-9,12-13,16,18,20-21H2,1-4H3,(H,34,38)(H,35,37)/t28-,30?/m0/s1. The number of hydrogen-bond donors (Lipinski definition) is 3. The van der Waals surface area contributed by atoms with Gasteiger partial charge in [-0.15, -0.1) is 0 Å². The van der Waals surface area contributed by atoms with E-state index in [0.717, 1.165) is 62.3 Å². The average molecular weight is 583 g/mol. The third kappa shape index (κ3) is 9.57. The molecule has 3 N–H and O–H groups in total. The van der Waals surface area contributed by atoms with Crippen molar-refractivity contribution in [1.29, 1.82) is 0 Å². The van der Waals surface area contributed by atoms with Gasteiger partial charge in [-0.3, -0.25) is 13.9 Å². The van der Waals surface area contributed by atoms with Crippen LogP contribution in [0.5, 0.6) is 0 Å². The van der Waals surface area contributed by atoms with Gasteiger partial charge in [-0.05, 0) is 85.3 Å². The van der Waals surface area contributed by atoms with Crippen LogP contribution in [0.15, 0.2) is 42.5 Å². The average Bonchev–Trinajstić information content (AvgIpc) is 3.74. The van der Waals surface area contributed by atoms with E-state index in [9.17, 15) is 18.0 Å². The van der Waals surface area contributed by atoms with E-state index in [4.69, 9.17) is 0 Å². The summed E-state index contributed by atoms with van der Waals surface area (Å²) in [4.78, 5) is 26.7. The fourth-order valence-corrected chi connectivity index (χ4v) is 5.79. The van der Waals surface area contributed by atoms with Gasteiger partial charge in [0.05, 0.1) is 18.0 Å². The maximum absolute atomic E-state index is 13.7. The van der Waals surface area contributed by atoms with Gasteiger partial charge >= 0.3 is 0 Å². The molecule has 4 bridgehead atoms. The highest BCUT2D eigenvalue weighted by atomic mass is 32.2. The second-order valence-electron chi connectivity index (χ2n) is 12.3. The summed E-state index contributed by atoms with van der Waals surface area (Å²) in [5, 5.41) is 9.77. The molecule has 1 fully saturated rings. The van der Waals surface area contributed by atoms with Crippen molar-refractivity contribution in [2.24, 2.45) is 11.8 Å². The molecule has 2 aromatic carbocycles. The lowest BCUT2D eigenvalue weighted by Crippen LogP contribution is -2.51. The smallest absolute Gasteiger partial charge is 0.251 e. The molecular formula is C32H46N4O4S. The van der Waals surface area contributed by atoms with Gasteiger partial charge in [-0.25, -0.2) is 8.42 Å². The molecule has 0 saturated heterocycles. The molecule has 1 heterocycles. The lowest BCUT2D eigenvalue weighted by atomic mass is 9.97. The number of hydrogen-bond acceptors (Lipinski definition) is 5. The molecule has 1 unspecified atom stereocenters. The quantitative estimate of drug-likeness (QED) is 0.395. The minimum Gasteiger partial charge on any atom is -0.354 e. The Bertz CT molecular complexity index is 1320.